The third kappa shape index (κ3) is 5.22. The molecule has 1 aliphatic rings. The molecule has 0 saturated carbocycles. The highest BCUT2D eigenvalue weighted by Gasteiger charge is 2.06. The lowest BCUT2D eigenvalue weighted by Gasteiger charge is -2.14. The van der Waals surface area contributed by atoms with E-state index in [1.807, 2.05) is 6.92 Å². The molecule has 98 valence electrons. The Bertz CT molecular complexity index is 394. The van der Waals surface area contributed by atoms with Crippen molar-refractivity contribution in [2.24, 2.45) is 5.92 Å². The van der Waals surface area contributed by atoms with Crippen LogP contribution in [0, 0.1) is 5.92 Å². The van der Waals surface area contributed by atoms with E-state index in [1.54, 1.807) is 0 Å². The fourth-order valence-electron chi connectivity index (χ4n) is 1.70. The summed E-state index contributed by atoms with van der Waals surface area (Å²) in [4.78, 5) is 0. The van der Waals surface area contributed by atoms with Gasteiger partial charge in [-0.25, -0.2) is 0 Å². The fourth-order valence-corrected chi connectivity index (χ4v) is 1.70. The molecular formula is C17H24O. The predicted molar refractivity (Wildman–Crippen MR) is 79.3 cm³/mol. The van der Waals surface area contributed by atoms with Crippen molar-refractivity contribution in [2.45, 2.75) is 33.6 Å². The standard InChI is InChI=1S/C17H24O/c1-5-6-10-15(3)16(4)13-18-17-11-8-7-9-14(2)12-17/h5-7,9,11-12,15H,4,8,10,13H2,1-3H3/b6-5-. The van der Waals surface area contributed by atoms with E-state index in [9.17, 15) is 0 Å². The van der Waals surface area contributed by atoms with Gasteiger partial charge in [-0.15, -0.1) is 0 Å². The zero-order chi connectivity index (χ0) is 13.4. The van der Waals surface area contributed by atoms with Gasteiger partial charge in [0.1, 0.15) is 12.4 Å². The van der Waals surface area contributed by atoms with Crippen molar-refractivity contribution >= 4 is 0 Å². The fraction of sp³-hybridized carbons (Fsp3) is 0.412. The Morgan fingerprint density at radius 3 is 3.06 bits per heavy atom. The Hall–Kier alpha value is -1.50. The average Bonchev–Trinajstić information content (AvgIpc) is 2.57. The minimum Gasteiger partial charge on any atom is -0.490 e. The van der Waals surface area contributed by atoms with Crippen LogP contribution in [-0.4, -0.2) is 6.61 Å². The molecule has 0 radical (unpaired) electrons. The molecule has 0 aromatic rings. The molecule has 0 heterocycles. The van der Waals surface area contributed by atoms with Gasteiger partial charge >= 0.3 is 0 Å². The molecule has 0 bridgehead atoms. The van der Waals surface area contributed by atoms with Gasteiger partial charge in [0, 0.05) is 0 Å². The van der Waals surface area contributed by atoms with Crippen molar-refractivity contribution in [2.75, 3.05) is 6.61 Å². The van der Waals surface area contributed by atoms with Gasteiger partial charge in [0.05, 0.1) is 0 Å². The maximum Gasteiger partial charge on any atom is 0.116 e. The number of allylic oxidation sites excluding steroid dienone is 7. The molecule has 0 aromatic carbocycles. The van der Waals surface area contributed by atoms with Gasteiger partial charge in [-0.2, -0.15) is 0 Å². The lowest BCUT2D eigenvalue weighted by molar-refractivity contribution is 0.243. The molecule has 0 amide bonds. The van der Waals surface area contributed by atoms with E-state index in [0.717, 1.165) is 24.2 Å². The Morgan fingerprint density at radius 1 is 1.56 bits per heavy atom. The Labute approximate surface area is 111 Å². The Balaban J connectivity index is 2.43. The van der Waals surface area contributed by atoms with E-state index in [2.05, 4.69) is 56.9 Å². The second-order valence-electron chi connectivity index (χ2n) is 4.79. The van der Waals surface area contributed by atoms with Crippen LogP contribution in [-0.2, 0) is 4.74 Å². The van der Waals surface area contributed by atoms with Gasteiger partial charge in [0.15, 0.2) is 0 Å². The molecular weight excluding hydrogens is 220 g/mol. The first kappa shape index (κ1) is 14.6. The molecule has 1 heteroatoms. The highest BCUT2D eigenvalue weighted by Crippen LogP contribution is 2.17. The van der Waals surface area contributed by atoms with Crippen LogP contribution in [0.1, 0.15) is 33.6 Å². The van der Waals surface area contributed by atoms with E-state index in [0.29, 0.717) is 12.5 Å². The smallest absolute Gasteiger partial charge is 0.116 e. The minimum absolute atomic E-state index is 0.468. The quantitative estimate of drug-likeness (QED) is 0.601. The summed E-state index contributed by atoms with van der Waals surface area (Å²) >= 11 is 0. The van der Waals surface area contributed by atoms with E-state index in [4.69, 9.17) is 4.74 Å². The van der Waals surface area contributed by atoms with Crippen molar-refractivity contribution in [1.82, 2.24) is 0 Å². The van der Waals surface area contributed by atoms with Crippen LogP contribution in [0.3, 0.4) is 0 Å². The van der Waals surface area contributed by atoms with E-state index in [1.165, 1.54) is 5.57 Å². The summed E-state index contributed by atoms with van der Waals surface area (Å²) in [5.41, 5.74) is 2.38. The van der Waals surface area contributed by atoms with Crippen LogP contribution in [0.5, 0.6) is 0 Å². The summed E-state index contributed by atoms with van der Waals surface area (Å²) in [6, 6.07) is 0. The SMILES string of the molecule is C=C(COC1=CCC=CC(C)=C1)C(C)C/C=C\C. The van der Waals surface area contributed by atoms with E-state index in [-0.39, 0.29) is 0 Å². The van der Waals surface area contributed by atoms with Crippen molar-refractivity contribution in [3.05, 3.63) is 59.9 Å². The summed E-state index contributed by atoms with van der Waals surface area (Å²) in [7, 11) is 0. The van der Waals surface area contributed by atoms with Gasteiger partial charge in [0.2, 0.25) is 0 Å². The molecule has 0 saturated heterocycles. The molecule has 0 spiro atoms. The molecule has 18 heavy (non-hydrogen) atoms. The first-order chi connectivity index (χ1) is 8.63. The van der Waals surface area contributed by atoms with Crippen molar-refractivity contribution < 1.29 is 4.74 Å². The summed E-state index contributed by atoms with van der Waals surface area (Å²) in [6.07, 6.45) is 14.7. The maximum atomic E-state index is 5.82. The molecule has 0 N–H and O–H groups in total. The third-order valence-electron chi connectivity index (χ3n) is 3.05. The Kier molecular flexibility index (Phi) is 6.27. The van der Waals surface area contributed by atoms with Crippen LogP contribution in [0.2, 0.25) is 0 Å². The summed E-state index contributed by atoms with van der Waals surface area (Å²) in [6.45, 7) is 11.0. The van der Waals surface area contributed by atoms with E-state index >= 15 is 0 Å². The second kappa shape index (κ2) is 7.75. The van der Waals surface area contributed by atoms with Crippen molar-refractivity contribution in [1.29, 1.82) is 0 Å². The predicted octanol–water partition coefficient (Wildman–Crippen LogP) is 4.95. The first-order valence-electron chi connectivity index (χ1n) is 6.60. The van der Waals surface area contributed by atoms with Crippen LogP contribution in [0.4, 0.5) is 0 Å². The first-order valence-corrected chi connectivity index (χ1v) is 6.60. The van der Waals surface area contributed by atoms with Gasteiger partial charge in [-0.3, -0.25) is 0 Å². The number of hydrogen-bond acceptors (Lipinski definition) is 1. The normalized spacial score (nSPS) is 17.1. The van der Waals surface area contributed by atoms with Gasteiger partial charge in [-0.1, -0.05) is 37.8 Å². The minimum atomic E-state index is 0.468. The zero-order valence-corrected chi connectivity index (χ0v) is 11.8. The van der Waals surface area contributed by atoms with Crippen molar-refractivity contribution in [3.63, 3.8) is 0 Å². The molecule has 1 nitrogen and oxygen atoms in total. The largest absolute Gasteiger partial charge is 0.490 e. The van der Waals surface area contributed by atoms with Crippen LogP contribution < -0.4 is 0 Å². The summed E-state index contributed by atoms with van der Waals surface area (Å²) in [5, 5.41) is 0. The molecule has 1 unspecified atom stereocenters. The summed E-state index contributed by atoms with van der Waals surface area (Å²) in [5.74, 6) is 1.42. The average molecular weight is 244 g/mol. The zero-order valence-electron chi connectivity index (χ0n) is 11.8. The lowest BCUT2D eigenvalue weighted by Crippen LogP contribution is -2.05. The molecule has 1 rings (SSSR count). The van der Waals surface area contributed by atoms with Crippen LogP contribution in [0.15, 0.2) is 59.9 Å². The third-order valence-corrected chi connectivity index (χ3v) is 3.05. The Morgan fingerprint density at radius 2 is 2.33 bits per heavy atom. The van der Waals surface area contributed by atoms with E-state index < -0.39 is 0 Å². The number of ether oxygens (including phenoxy) is 1. The lowest BCUT2D eigenvalue weighted by atomic mass is 9.99. The van der Waals surface area contributed by atoms with Gasteiger partial charge in [-0.05, 0) is 55.9 Å². The highest BCUT2D eigenvalue weighted by molar-refractivity contribution is 5.29. The molecule has 0 fully saturated rings. The van der Waals surface area contributed by atoms with Crippen LogP contribution >= 0.6 is 0 Å². The molecule has 1 atom stereocenters. The highest BCUT2D eigenvalue weighted by atomic mass is 16.5. The summed E-state index contributed by atoms with van der Waals surface area (Å²) < 4.78 is 5.82. The van der Waals surface area contributed by atoms with Crippen molar-refractivity contribution in [3.8, 4) is 0 Å². The monoisotopic (exact) mass is 244 g/mol. The maximum absolute atomic E-state index is 5.82. The molecule has 1 aliphatic carbocycles. The van der Waals surface area contributed by atoms with Gasteiger partial charge in [0.25, 0.3) is 0 Å². The van der Waals surface area contributed by atoms with Gasteiger partial charge < -0.3 is 4.74 Å². The second-order valence-corrected chi connectivity index (χ2v) is 4.79. The molecule has 0 aromatic heterocycles. The molecule has 0 aliphatic heterocycles. The number of rotatable bonds is 6. The topological polar surface area (TPSA) is 9.23 Å². The van der Waals surface area contributed by atoms with Crippen LogP contribution in [0.25, 0.3) is 0 Å². The number of hydrogen-bond donors (Lipinski definition) is 0.